The fraction of sp³-hybridized carbons (Fsp3) is 0.364. The fourth-order valence-corrected chi connectivity index (χ4v) is 1.89. The smallest absolute Gasteiger partial charge is 0.241 e. The van der Waals surface area contributed by atoms with E-state index in [-0.39, 0.29) is 11.8 Å². The second kappa shape index (κ2) is 5.86. The summed E-state index contributed by atoms with van der Waals surface area (Å²) in [5, 5.41) is 0. The van der Waals surface area contributed by atoms with Gasteiger partial charge in [-0.3, -0.25) is 10.2 Å². The lowest BCUT2D eigenvalue weighted by Gasteiger charge is -2.13. The Kier molecular flexibility index (Phi) is 4.76. The highest BCUT2D eigenvalue weighted by Crippen LogP contribution is 2.28. The van der Waals surface area contributed by atoms with Crippen molar-refractivity contribution in [3.63, 3.8) is 0 Å². The molecule has 5 heteroatoms. The summed E-state index contributed by atoms with van der Waals surface area (Å²) >= 11 is 3.39. The number of methoxy groups -OCH3 is 1. The first-order chi connectivity index (χ1) is 7.60. The molecule has 0 aromatic heterocycles. The van der Waals surface area contributed by atoms with Gasteiger partial charge >= 0.3 is 0 Å². The molecule has 1 atom stereocenters. The van der Waals surface area contributed by atoms with Crippen LogP contribution >= 0.6 is 15.9 Å². The summed E-state index contributed by atoms with van der Waals surface area (Å²) in [5.41, 5.74) is 6.11. The van der Waals surface area contributed by atoms with Crippen LogP contribution in [0, 0.1) is 0 Å². The van der Waals surface area contributed by atoms with E-state index in [9.17, 15) is 4.79 Å². The summed E-state index contributed by atoms with van der Waals surface area (Å²) in [4.78, 5) is 11.6. The van der Waals surface area contributed by atoms with Gasteiger partial charge in [0, 0.05) is 7.05 Å². The van der Waals surface area contributed by atoms with Gasteiger partial charge in [-0.15, -0.1) is 0 Å². The summed E-state index contributed by atoms with van der Waals surface area (Å²) in [7, 11) is 3.27. The van der Waals surface area contributed by atoms with Gasteiger partial charge in [0.1, 0.15) is 5.75 Å². The van der Waals surface area contributed by atoms with E-state index in [0.29, 0.717) is 0 Å². The van der Waals surface area contributed by atoms with Crippen molar-refractivity contribution in [2.45, 2.75) is 12.8 Å². The average Bonchev–Trinajstić information content (AvgIpc) is 2.28. The molecule has 0 aliphatic rings. The maximum absolute atomic E-state index is 11.6. The Morgan fingerprint density at radius 3 is 2.69 bits per heavy atom. The van der Waals surface area contributed by atoms with E-state index in [1.165, 1.54) is 0 Å². The summed E-state index contributed by atoms with van der Waals surface area (Å²) in [6, 6.07) is 5.60. The Morgan fingerprint density at radius 2 is 2.19 bits per heavy atom. The Labute approximate surface area is 103 Å². The zero-order chi connectivity index (χ0) is 12.1. The van der Waals surface area contributed by atoms with Crippen molar-refractivity contribution in [3.05, 3.63) is 28.2 Å². The van der Waals surface area contributed by atoms with E-state index in [1.807, 2.05) is 25.1 Å². The van der Waals surface area contributed by atoms with Crippen molar-refractivity contribution in [1.82, 2.24) is 10.9 Å². The van der Waals surface area contributed by atoms with E-state index < -0.39 is 0 Å². The van der Waals surface area contributed by atoms with Crippen molar-refractivity contribution in [1.29, 1.82) is 0 Å². The lowest BCUT2D eigenvalue weighted by molar-refractivity contribution is -0.123. The zero-order valence-corrected chi connectivity index (χ0v) is 11.1. The largest absolute Gasteiger partial charge is 0.496 e. The van der Waals surface area contributed by atoms with Crippen LogP contribution in [0.3, 0.4) is 0 Å². The van der Waals surface area contributed by atoms with Crippen LogP contribution < -0.4 is 15.6 Å². The van der Waals surface area contributed by atoms with Crippen molar-refractivity contribution in [3.8, 4) is 5.75 Å². The third-order valence-corrected chi connectivity index (χ3v) is 2.94. The van der Waals surface area contributed by atoms with Crippen LogP contribution in [0.15, 0.2) is 22.7 Å². The Morgan fingerprint density at radius 1 is 1.50 bits per heavy atom. The highest BCUT2D eigenvalue weighted by molar-refractivity contribution is 9.10. The molecule has 0 bridgehead atoms. The number of ether oxygens (including phenoxy) is 1. The first-order valence-electron chi connectivity index (χ1n) is 4.90. The van der Waals surface area contributed by atoms with Gasteiger partial charge in [0.15, 0.2) is 0 Å². The van der Waals surface area contributed by atoms with E-state index in [0.717, 1.165) is 15.8 Å². The number of benzene rings is 1. The van der Waals surface area contributed by atoms with Crippen LogP contribution in [-0.4, -0.2) is 20.1 Å². The van der Waals surface area contributed by atoms with Gasteiger partial charge in [0.25, 0.3) is 0 Å². The normalized spacial score (nSPS) is 12.0. The molecule has 0 aliphatic heterocycles. The standard InChI is InChI=1S/C11H15BrN2O2/c1-7(11(15)14-13-2)8-4-5-10(16-3)9(12)6-8/h4-7,13H,1-3H3,(H,14,15). The fourth-order valence-electron chi connectivity index (χ4n) is 1.33. The molecule has 0 saturated carbocycles. The number of rotatable bonds is 4. The molecule has 1 aromatic rings. The number of amides is 1. The summed E-state index contributed by atoms with van der Waals surface area (Å²) in [6.07, 6.45) is 0. The lowest BCUT2D eigenvalue weighted by atomic mass is 10.0. The number of carbonyl (C=O) groups excluding carboxylic acids is 1. The maximum atomic E-state index is 11.6. The predicted octanol–water partition coefficient (Wildman–Crippen LogP) is 1.81. The van der Waals surface area contributed by atoms with E-state index in [4.69, 9.17) is 4.74 Å². The number of hydrogen-bond acceptors (Lipinski definition) is 3. The van der Waals surface area contributed by atoms with Crippen LogP contribution in [0.25, 0.3) is 0 Å². The SMILES string of the molecule is CNNC(=O)C(C)c1ccc(OC)c(Br)c1. The summed E-state index contributed by atoms with van der Waals surface area (Å²) in [6.45, 7) is 1.85. The molecule has 1 aromatic carbocycles. The molecule has 2 N–H and O–H groups in total. The second-order valence-electron chi connectivity index (χ2n) is 3.35. The van der Waals surface area contributed by atoms with Gasteiger partial charge in [-0.25, -0.2) is 5.43 Å². The Balaban J connectivity index is 2.88. The van der Waals surface area contributed by atoms with Crippen molar-refractivity contribution in [2.75, 3.05) is 14.2 Å². The zero-order valence-electron chi connectivity index (χ0n) is 9.50. The third kappa shape index (κ3) is 2.96. The van der Waals surface area contributed by atoms with E-state index in [2.05, 4.69) is 26.8 Å². The molecule has 1 amide bonds. The molecule has 0 aliphatic carbocycles. The molecule has 1 rings (SSSR count). The molecule has 16 heavy (non-hydrogen) atoms. The molecule has 0 heterocycles. The van der Waals surface area contributed by atoms with Crippen molar-refractivity contribution < 1.29 is 9.53 Å². The molecule has 1 unspecified atom stereocenters. The molecule has 0 radical (unpaired) electrons. The lowest BCUT2D eigenvalue weighted by Crippen LogP contribution is -2.37. The van der Waals surface area contributed by atoms with Crippen molar-refractivity contribution in [2.24, 2.45) is 0 Å². The van der Waals surface area contributed by atoms with Gasteiger partial charge < -0.3 is 4.74 Å². The quantitative estimate of drug-likeness (QED) is 0.830. The van der Waals surface area contributed by atoms with Gasteiger partial charge in [0.05, 0.1) is 17.5 Å². The first kappa shape index (κ1) is 13.0. The molecular formula is C11H15BrN2O2. The van der Waals surface area contributed by atoms with Crippen LogP contribution in [0.5, 0.6) is 5.75 Å². The summed E-state index contributed by atoms with van der Waals surface area (Å²) in [5.74, 6) is 0.471. The molecule has 0 saturated heterocycles. The number of hydrazine groups is 1. The Bertz CT molecular complexity index is 382. The molecular weight excluding hydrogens is 272 g/mol. The molecule has 88 valence electrons. The van der Waals surface area contributed by atoms with Crippen LogP contribution in [0.1, 0.15) is 18.4 Å². The Hall–Kier alpha value is -1.07. The first-order valence-corrected chi connectivity index (χ1v) is 5.69. The summed E-state index contributed by atoms with van der Waals surface area (Å²) < 4.78 is 5.97. The molecule has 0 spiro atoms. The minimum atomic E-state index is -0.213. The third-order valence-electron chi connectivity index (χ3n) is 2.32. The number of nitrogens with one attached hydrogen (secondary N) is 2. The van der Waals surface area contributed by atoms with Crippen LogP contribution in [-0.2, 0) is 4.79 Å². The van der Waals surface area contributed by atoms with Crippen molar-refractivity contribution >= 4 is 21.8 Å². The molecule has 4 nitrogen and oxygen atoms in total. The van der Waals surface area contributed by atoms with Gasteiger partial charge in [0.2, 0.25) is 5.91 Å². The number of hydrogen-bond donors (Lipinski definition) is 2. The molecule has 0 fully saturated rings. The van der Waals surface area contributed by atoms with Gasteiger partial charge in [-0.2, -0.15) is 0 Å². The van der Waals surface area contributed by atoms with Crippen LogP contribution in [0.4, 0.5) is 0 Å². The van der Waals surface area contributed by atoms with Crippen LogP contribution in [0.2, 0.25) is 0 Å². The predicted molar refractivity (Wildman–Crippen MR) is 66.3 cm³/mol. The van der Waals surface area contributed by atoms with Gasteiger partial charge in [-0.05, 0) is 40.5 Å². The second-order valence-corrected chi connectivity index (χ2v) is 4.21. The highest BCUT2D eigenvalue weighted by atomic mass is 79.9. The maximum Gasteiger partial charge on any atom is 0.241 e. The number of carbonyl (C=O) groups is 1. The minimum Gasteiger partial charge on any atom is -0.496 e. The number of halogens is 1. The van der Waals surface area contributed by atoms with E-state index in [1.54, 1.807) is 14.2 Å². The highest BCUT2D eigenvalue weighted by Gasteiger charge is 2.15. The minimum absolute atomic E-state index is 0.0698. The monoisotopic (exact) mass is 286 g/mol. The van der Waals surface area contributed by atoms with E-state index >= 15 is 0 Å². The topological polar surface area (TPSA) is 50.4 Å². The average molecular weight is 287 g/mol. The van der Waals surface area contributed by atoms with Gasteiger partial charge in [-0.1, -0.05) is 6.07 Å².